The summed E-state index contributed by atoms with van der Waals surface area (Å²) in [6.07, 6.45) is 6.01. The van der Waals surface area contributed by atoms with Crippen LogP contribution in [0.1, 0.15) is 45.3 Å². The van der Waals surface area contributed by atoms with Gasteiger partial charge in [0.1, 0.15) is 17.4 Å². The maximum Gasteiger partial charge on any atom is 0.341 e. The Morgan fingerprint density at radius 2 is 1.88 bits per heavy atom. The number of carbonyl (C=O) groups excluding carboxylic acids is 2. The molecule has 170 valence electrons. The van der Waals surface area contributed by atoms with E-state index in [9.17, 15) is 9.59 Å². The number of ether oxygens (including phenoxy) is 2. The van der Waals surface area contributed by atoms with Gasteiger partial charge in [0.2, 0.25) is 5.91 Å². The van der Waals surface area contributed by atoms with Gasteiger partial charge in [0.15, 0.2) is 0 Å². The van der Waals surface area contributed by atoms with E-state index in [4.69, 9.17) is 9.47 Å². The van der Waals surface area contributed by atoms with Crippen LogP contribution in [0.2, 0.25) is 0 Å². The van der Waals surface area contributed by atoms with Crippen molar-refractivity contribution in [2.24, 2.45) is 5.92 Å². The average molecular weight is 462 g/mol. The largest absolute Gasteiger partial charge is 0.489 e. The molecule has 0 bridgehead atoms. The zero-order valence-corrected chi connectivity index (χ0v) is 19.6. The van der Waals surface area contributed by atoms with Gasteiger partial charge >= 0.3 is 5.97 Å². The molecule has 3 aromatic rings. The van der Waals surface area contributed by atoms with Crippen LogP contribution in [0.25, 0.3) is 6.08 Å². The summed E-state index contributed by atoms with van der Waals surface area (Å²) in [5, 5.41) is 3.45. The number of methoxy groups -OCH3 is 1. The summed E-state index contributed by atoms with van der Waals surface area (Å²) in [6.45, 7) is 2.71. The summed E-state index contributed by atoms with van der Waals surface area (Å²) < 4.78 is 10.8. The van der Waals surface area contributed by atoms with Crippen LogP contribution in [-0.2, 0) is 29.0 Å². The van der Waals surface area contributed by atoms with E-state index in [0.717, 1.165) is 41.7 Å². The third-order valence-corrected chi connectivity index (χ3v) is 6.86. The number of rotatable bonds is 7. The molecule has 1 heterocycles. The fraction of sp³-hybridized carbons (Fsp3) is 0.259. The van der Waals surface area contributed by atoms with E-state index in [1.165, 1.54) is 29.4 Å². The van der Waals surface area contributed by atoms with Gasteiger partial charge in [-0.1, -0.05) is 49.4 Å². The molecule has 1 atom stereocenters. The average Bonchev–Trinajstić information content (AvgIpc) is 3.18. The van der Waals surface area contributed by atoms with Crippen LogP contribution in [0.4, 0.5) is 5.00 Å². The van der Waals surface area contributed by atoms with Gasteiger partial charge in [-0.25, -0.2) is 4.79 Å². The predicted octanol–water partition coefficient (Wildman–Crippen LogP) is 5.89. The lowest BCUT2D eigenvalue weighted by molar-refractivity contribution is -0.111. The molecule has 0 spiro atoms. The van der Waals surface area contributed by atoms with E-state index < -0.39 is 5.97 Å². The lowest BCUT2D eigenvalue weighted by atomic mass is 9.88. The lowest BCUT2D eigenvalue weighted by Crippen LogP contribution is -2.14. The molecule has 0 radical (unpaired) electrons. The number of amides is 1. The molecule has 1 N–H and O–H groups in total. The topological polar surface area (TPSA) is 64.6 Å². The number of nitrogens with one attached hydrogen (secondary N) is 1. The Morgan fingerprint density at radius 1 is 1.12 bits per heavy atom. The first-order valence-electron chi connectivity index (χ1n) is 11.0. The van der Waals surface area contributed by atoms with Gasteiger partial charge in [-0.15, -0.1) is 11.3 Å². The molecular weight excluding hydrogens is 434 g/mol. The standard InChI is InChI=1S/C27H27NO4S/c1-18-8-14-22-23(16-18)33-26(25(22)27(30)31-2)28-24(29)15-11-19-9-12-21(13-10-19)32-17-20-6-4-3-5-7-20/h3-7,9-13,15,18H,8,14,16-17H2,1-2H3,(H,28,29)/b15-11+. The maximum absolute atomic E-state index is 12.6. The first-order valence-corrected chi connectivity index (χ1v) is 11.8. The van der Waals surface area contributed by atoms with Crippen LogP contribution in [0.5, 0.6) is 5.75 Å². The van der Waals surface area contributed by atoms with Crippen molar-refractivity contribution in [3.8, 4) is 5.75 Å². The highest BCUT2D eigenvalue weighted by Gasteiger charge is 2.28. The minimum atomic E-state index is -0.396. The van der Waals surface area contributed by atoms with Crippen molar-refractivity contribution < 1.29 is 19.1 Å². The highest BCUT2D eigenvalue weighted by Crippen LogP contribution is 2.40. The van der Waals surface area contributed by atoms with E-state index in [1.807, 2.05) is 54.6 Å². The van der Waals surface area contributed by atoms with Crippen LogP contribution >= 0.6 is 11.3 Å². The minimum Gasteiger partial charge on any atom is -0.489 e. The van der Waals surface area contributed by atoms with Gasteiger partial charge in [0, 0.05) is 11.0 Å². The number of anilines is 1. The number of fused-ring (bicyclic) bond motifs is 1. The Morgan fingerprint density at radius 3 is 2.61 bits per heavy atom. The van der Waals surface area contributed by atoms with Crippen LogP contribution in [0.3, 0.4) is 0 Å². The Hall–Kier alpha value is -3.38. The molecule has 1 unspecified atom stereocenters. The number of benzene rings is 2. The number of hydrogen-bond donors (Lipinski definition) is 1. The van der Waals surface area contributed by atoms with Crippen molar-refractivity contribution in [3.05, 3.63) is 87.8 Å². The van der Waals surface area contributed by atoms with Gasteiger partial charge in [-0.3, -0.25) is 4.79 Å². The molecule has 1 amide bonds. The molecule has 0 saturated heterocycles. The Labute approximate surface area is 198 Å². The van der Waals surface area contributed by atoms with Gasteiger partial charge in [-0.05, 0) is 60.1 Å². The summed E-state index contributed by atoms with van der Waals surface area (Å²) in [6, 6.07) is 17.5. The molecule has 4 rings (SSSR count). The molecule has 0 aliphatic heterocycles. The van der Waals surface area contributed by atoms with Crippen molar-refractivity contribution in [3.63, 3.8) is 0 Å². The second kappa shape index (κ2) is 10.5. The van der Waals surface area contributed by atoms with Crippen molar-refractivity contribution in [1.82, 2.24) is 0 Å². The van der Waals surface area contributed by atoms with Gasteiger partial charge in [0.05, 0.1) is 12.7 Å². The normalized spacial score (nSPS) is 15.2. The Bertz CT molecular complexity index is 1150. The molecule has 5 nitrogen and oxygen atoms in total. The molecule has 1 aliphatic carbocycles. The number of hydrogen-bond acceptors (Lipinski definition) is 5. The summed E-state index contributed by atoms with van der Waals surface area (Å²) in [7, 11) is 1.37. The highest BCUT2D eigenvalue weighted by atomic mass is 32.1. The van der Waals surface area contributed by atoms with Crippen molar-refractivity contribution >= 4 is 34.3 Å². The second-order valence-corrected chi connectivity index (χ2v) is 9.32. The second-order valence-electron chi connectivity index (χ2n) is 8.21. The summed E-state index contributed by atoms with van der Waals surface area (Å²) in [5.74, 6) is 0.662. The smallest absolute Gasteiger partial charge is 0.341 e. The van der Waals surface area contributed by atoms with Crippen molar-refractivity contribution in [2.75, 3.05) is 12.4 Å². The zero-order chi connectivity index (χ0) is 23.2. The Kier molecular flexibility index (Phi) is 7.25. The Balaban J connectivity index is 1.39. The lowest BCUT2D eigenvalue weighted by Gasteiger charge is -2.18. The first-order chi connectivity index (χ1) is 16.0. The molecule has 2 aromatic carbocycles. The van der Waals surface area contributed by atoms with E-state index in [2.05, 4.69) is 12.2 Å². The fourth-order valence-corrected chi connectivity index (χ4v) is 5.30. The van der Waals surface area contributed by atoms with Gasteiger partial charge in [-0.2, -0.15) is 0 Å². The first kappa shape index (κ1) is 22.8. The number of thiophene rings is 1. The third-order valence-electron chi connectivity index (χ3n) is 5.69. The van der Waals surface area contributed by atoms with Crippen LogP contribution in [-0.4, -0.2) is 19.0 Å². The van der Waals surface area contributed by atoms with Gasteiger partial charge < -0.3 is 14.8 Å². The monoisotopic (exact) mass is 461 g/mol. The summed E-state index contributed by atoms with van der Waals surface area (Å²) in [5.41, 5.74) is 3.51. The van der Waals surface area contributed by atoms with E-state index in [0.29, 0.717) is 23.1 Å². The SMILES string of the molecule is COC(=O)c1c(NC(=O)/C=C/c2ccc(OCc3ccccc3)cc2)sc2c1CCC(C)C2. The highest BCUT2D eigenvalue weighted by molar-refractivity contribution is 7.17. The molecule has 6 heteroatoms. The molecule has 33 heavy (non-hydrogen) atoms. The van der Waals surface area contributed by atoms with Crippen molar-refractivity contribution in [1.29, 1.82) is 0 Å². The van der Waals surface area contributed by atoms with Crippen LogP contribution < -0.4 is 10.1 Å². The predicted molar refractivity (Wildman–Crippen MR) is 132 cm³/mol. The third kappa shape index (κ3) is 5.71. The quantitative estimate of drug-likeness (QED) is 0.352. The molecule has 1 aliphatic rings. The minimum absolute atomic E-state index is 0.281. The molecule has 1 aromatic heterocycles. The zero-order valence-electron chi connectivity index (χ0n) is 18.8. The maximum atomic E-state index is 12.6. The van der Waals surface area contributed by atoms with Gasteiger partial charge in [0.25, 0.3) is 0 Å². The summed E-state index contributed by atoms with van der Waals surface area (Å²) >= 11 is 1.48. The fourth-order valence-electron chi connectivity index (χ4n) is 3.90. The van der Waals surface area contributed by atoms with E-state index >= 15 is 0 Å². The van der Waals surface area contributed by atoms with Crippen LogP contribution in [0.15, 0.2) is 60.7 Å². The molecule has 0 fully saturated rings. The number of carbonyl (C=O) groups is 2. The van der Waals surface area contributed by atoms with Crippen LogP contribution in [0, 0.1) is 5.92 Å². The van der Waals surface area contributed by atoms with Crippen molar-refractivity contribution in [2.45, 2.75) is 32.8 Å². The van der Waals surface area contributed by atoms with E-state index in [-0.39, 0.29) is 5.91 Å². The summed E-state index contributed by atoms with van der Waals surface area (Å²) in [4.78, 5) is 26.1. The molecular formula is C27H27NO4S. The number of esters is 1. The molecule has 0 saturated carbocycles. The van der Waals surface area contributed by atoms with E-state index in [1.54, 1.807) is 6.08 Å².